The summed E-state index contributed by atoms with van der Waals surface area (Å²) < 4.78 is 6.28. The normalized spacial score (nSPS) is 13.9. The third kappa shape index (κ3) is 6.71. The number of carbonyl (C=O) groups is 2. The minimum absolute atomic E-state index is 0.136. The van der Waals surface area contributed by atoms with Gasteiger partial charge in [0.05, 0.1) is 12.4 Å². The summed E-state index contributed by atoms with van der Waals surface area (Å²) in [6, 6.07) is 7.03. The van der Waals surface area contributed by atoms with Crippen LogP contribution in [0.2, 0.25) is 0 Å². The van der Waals surface area contributed by atoms with Gasteiger partial charge in [-0.25, -0.2) is 0 Å². The fourth-order valence-electron chi connectivity index (χ4n) is 2.88. The summed E-state index contributed by atoms with van der Waals surface area (Å²) >= 11 is 2.64. The molecule has 1 aromatic carbocycles. The number of piperidine rings is 1. The second kappa shape index (κ2) is 11.2. The third-order valence-electron chi connectivity index (χ3n) is 4.54. The zero-order chi connectivity index (χ0) is 20.5. The van der Waals surface area contributed by atoms with Crippen LogP contribution in [0.4, 0.5) is 5.13 Å². The molecule has 29 heavy (non-hydrogen) atoms. The molecule has 9 heteroatoms. The number of nitrogens with zero attached hydrogens (tertiary/aromatic N) is 3. The Kier molecular flexibility index (Phi) is 8.30. The number of amides is 2. The van der Waals surface area contributed by atoms with E-state index in [-0.39, 0.29) is 11.8 Å². The molecule has 2 amide bonds. The summed E-state index contributed by atoms with van der Waals surface area (Å²) in [5, 5.41) is 11.2. The Morgan fingerprint density at radius 3 is 2.66 bits per heavy atom. The zero-order valence-corrected chi connectivity index (χ0v) is 18.2. The lowest BCUT2D eigenvalue weighted by Gasteiger charge is -2.26. The lowest BCUT2D eigenvalue weighted by Crippen LogP contribution is -2.36. The fraction of sp³-hybridized carbons (Fsp3) is 0.500. The number of likely N-dealkylation sites (tertiary alicyclic amines) is 1. The monoisotopic (exact) mass is 434 g/mol. The van der Waals surface area contributed by atoms with Crippen molar-refractivity contribution in [1.82, 2.24) is 15.1 Å². The fourth-order valence-corrected chi connectivity index (χ4v) is 4.53. The van der Waals surface area contributed by atoms with E-state index < -0.39 is 0 Å². The molecule has 3 rings (SSSR count). The van der Waals surface area contributed by atoms with Gasteiger partial charge in [0.25, 0.3) is 5.91 Å². The van der Waals surface area contributed by atoms with Gasteiger partial charge in [-0.1, -0.05) is 36.4 Å². The molecule has 0 unspecified atom stereocenters. The van der Waals surface area contributed by atoms with Crippen molar-refractivity contribution in [2.24, 2.45) is 0 Å². The van der Waals surface area contributed by atoms with Gasteiger partial charge in [-0.2, -0.15) is 0 Å². The Bertz CT molecular complexity index is 804. The Balaban J connectivity index is 1.46. The lowest BCUT2D eigenvalue weighted by molar-refractivity contribution is -0.129. The smallest absolute Gasteiger partial charge is 0.257 e. The van der Waals surface area contributed by atoms with Crippen molar-refractivity contribution in [3.05, 3.63) is 29.8 Å². The molecule has 1 aliphatic rings. The average Bonchev–Trinajstić information content (AvgIpc) is 3.20. The average molecular weight is 435 g/mol. The Morgan fingerprint density at radius 2 is 1.93 bits per heavy atom. The number of thioether (sulfide) groups is 1. The summed E-state index contributed by atoms with van der Waals surface area (Å²) in [6.07, 6.45) is 5.44. The van der Waals surface area contributed by atoms with E-state index in [1.807, 2.05) is 4.90 Å². The van der Waals surface area contributed by atoms with E-state index >= 15 is 0 Å². The van der Waals surface area contributed by atoms with Gasteiger partial charge in [-0.15, -0.1) is 10.2 Å². The van der Waals surface area contributed by atoms with Crippen molar-refractivity contribution >= 4 is 40.0 Å². The van der Waals surface area contributed by atoms with Crippen LogP contribution in [0.1, 0.15) is 49.4 Å². The first kappa shape index (κ1) is 21.6. The molecule has 0 atom stereocenters. The van der Waals surface area contributed by atoms with Gasteiger partial charge in [0.15, 0.2) is 4.34 Å². The highest BCUT2D eigenvalue weighted by Crippen LogP contribution is 2.26. The second-order valence-corrected chi connectivity index (χ2v) is 8.98. The first-order valence-corrected chi connectivity index (χ1v) is 11.7. The lowest BCUT2D eigenvalue weighted by atomic mass is 10.1. The van der Waals surface area contributed by atoms with Crippen LogP contribution in [-0.4, -0.2) is 52.4 Å². The summed E-state index contributed by atoms with van der Waals surface area (Å²) in [5.74, 6) is 0.990. The number of aromatic nitrogens is 2. The predicted molar refractivity (Wildman–Crippen MR) is 116 cm³/mol. The van der Waals surface area contributed by atoms with Gasteiger partial charge >= 0.3 is 0 Å². The van der Waals surface area contributed by atoms with E-state index in [9.17, 15) is 9.59 Å². The molecule has 1 N–H and O–H groups in total. The van der Waals surface area contributed by atoms with Gasteiger partial charge in [0, 0.05) is 18.7 Å². The molecule has 0 radical (unpaired) electrons. The number of unbranched alkanes of at least 4 members (excludes halogenated alkanes) is 1. The molecule has 0 aliphatic carbocycles. The van der Waals surface area contributed by atoms with E-state index in [4.69, 9.17) is 4.74 Å². The van der Waals surface area contributed by atoms with Gasteiger partial charge in [-0.05, 0) is 49.9 Å². The van der Waals surface area contributed by atoms with E-state index in [0.29, 0.717) is 27.4 Å². The molecule has 1 saturated heterocycles. The number of nitrogens with one attached hydrogen (secondary N) is 1. The number of benzene rings is 1. The molecule has 1 fully saturated rings. The van der Waals surface area contributed by atoms with E-state index in [0.717, 1.165) is 44.5 Å². The summed E-state index contributed by atoms with van der Waals surface area (Å²) in [7, 11) is 0. The number of hydrogen-bond donors (Lipinski definition) is 1. The molecule has 2 heterocycles. The van der Waals surface area contributed by atoms with Crippen molar-refractivity contribution in [2.75, 3.05) is 30.8 Å². The summed E-state index contributed by atoms with van der Waals surface area (Å²) in [5.41, 5.74) is 0.525. The maximum atomic E-state index is 12.4. The van der Waals surface area contributed by atoms with Gasteiger partial charge in [0.2, 0.25) is 11.0 Å². The summed E-state index contributed by atoms with van der Waals surface area (Å²) in [4.78, 5) is 26.5. The molecule has 7 nitrogen and oxygen atoms in total. The Labute approximate surface area is 179 Å². The Morgan fingerprint density at radius 1 is 1.17 bits per heavy atom. The highest BCUT2D eigenvalue weighted by atomic mass is 32.2. The van der Waals surface area contributed by atoms with Crippen LogP contribution in [0.3, 0.4) is 0 Å². The number of carbonyl (C=O) groups excluding carboxylic acids is 2. The van der Waals surface area contributed by atoms with Crippen LogP contribution in [0.5, 0.6) is 5.75 Å². The van der Waals surface area contributed by atoms with Crippen LogP contribution in [0, 0.1) is 0 Å². The maximum Gasteiger partial charge on any atom is 0.257 e. The molecule has 2 aromatic rings. The van der Waals surface area contributed by atoms with Crippen LogP contribution in [0.15, 0.2) is 28.6 Å². The first-order valence-electron chi connectivity index (χ1n) is 9.94. The zero-order valence-electron chi connectivity index (χ0n) is 16.6. The minimum atomic E-state index is -0.248. The van der Waals surface area contributed by atoms with Crippen molar-refractivity contribution in [3.63, 3.8) is 0 Å². The molecule has 0 saturated carbocycles. The van der Waals surface area contributed by atoms with Gasteiger partial charge < -0.3 is 9.64 Å². The van der Waals surface area contributed by atoms with Crippen molar-refractivity contribution in [3.8, 4) is 5.75 Å². The van der Waals surface area contributed by atoms with E-state index in [1.165, 1.54) is 29.5 Å². The largest absolute Gasteiger partial charge is 0.494 e. The number of hydrogen-bond acceptors (Lipinski definition) is 7. The SMILES string of the molecule is CCCCOc1ccc(C(=O)Nc2nnc(SCC(=O)N3CCCCC3)s2)cc1. The number of anilines is 1. The highest BCUT2D eigenvalue weighted by Gasteiger charge is 2.18. The van der Waals surface area contributed by atoms with Gasteiger partial charge in [-0.3, -0.25) is 14.9 Å². The first-order chi connectivity index (χ1) is 14.2. The summed E-state index contributed by atoms with van der Waals surface area (Å²) in [6.45, 7) is 4.48. The van der Waals surface area contributed by atoms with Crippen molar-refractivity contribution in [2.45, 2.75) is 43.4 Å². The Hall–Kier alpha value is -2.13. The molecule has 1 aromatic heterocycles. The van der Waals surface area contributed by atoms with Crippen LogP contribution in [0.25, 0.3) is 0 Å². The topological polar surface area (TPSA) is 84.4 Å². The van der Waals surface area contributed by atoms with Crippen LogP contribution >= 0.6 is 23.1 Å². The quantitative estimate of drug-likeness (QED) is 0.364. The molecule has 0 bridgehead atoms. The van der Waals surface area contributed by atoms with E-state index in [2.05, 4.69) is 22.4 Å². The molecule has 156 valence electrons. The number of rotatable bonds is 9. The van der Waals surface area contributed by atoms with Gasteiger partial charge in [0.1, 0.15) is 5.75 Å². The third-order valence-corrected chi connectivity index (χ3v) is 6.49. The molecular weight excluding hydrogens is 408 g/mol. The van der Waals surface area contributed by atoms with Crippen LogP contribution in [-0.2, 0) is 4.79 Å². The highest BCUT2D eigenvalue weighted by molar-refractivity contribution is 8.01. The second-order valence-electron chi connectivity index (χ2n) is 6.78. The molecule has 1 aliphatic heterocycles. The molecular formula is C20H26N4O3S2. The van der Waals surface area contributed by atoms with E-state index in [1.54, 1.807) is 24.3 Å². The molecule has 0 spiro atoms. The van der Waals surface area contributed by atoms with Crippen LogP contribution < -0.4 is 10.1 Å². The van der Waals surface area contributed by atoms with Crippen molar-refractivity contribution < 1.29 is 14.3 Å². The standard InChI is InChI=1S/C20H26N4O3S2/c1-2-3-13-27-16-9-7-15(8-10-16)18(26)21-19-22-23-20(29-19)28-14-17(25)24-11-5-4-6-12-24/h7-10H,2-6,11-14H2,1H3,(H,21,22,26). The maximum absolute atomic E-state index is 12.4. The number of ether oxygens (including phenoxy) is 1. The minimum Gasteiger partial charge on any atom is -0.494 e. The van der Waals surface area contributed by atoms with Crippen molar-refractivity contribution in [1.29, 1.82) is 0 Å². The predicted octanol–water partition coefficient (Wildman–Crippen LogP) is 4.07.